The van der Waals surface area contributed by atoms with E-state index in [1.165, 1.54) is 0 Å². The first-order valence-corrected chi connectivity index (χ1v) is 7.85. The normalized spacial score (nSPS) is 10.6. The molecule has 25 heavy (non-hydrogen) atoms. The maximum atomic E-state index is 6.03. The van der Waals surface area contributed by atoms with Crippen LogP contribution >= 0.6 is 0 Å². The van der Waals surface area contributed by atoms with Crippen LogP contribution in [0.15, 0.2) is 60.7 Å². The van der Waals surface area contributed by atoms with Crippen LogP contribution in [0.3, 0.4) is 0 Å². The maximum Gasteiger partial charge on any atom is 0.188 e. The number of hydrogen-bond donors (Lipinski definition) is 0. The van der Waals surface area contributed by atoms with Crippen LogP contribution in [0.5, 0.6) is 23.0 Å². The third kappa shape index (κ3) is 4.02. The molecular formula is C20H20O5. The molecule has 0 aliphatic rings. The minimum Gasteiger partial charge on any atom is -0.467 e. The van der Waals surface area contributed by atoms with Gasteiger partial charge in [0.05, 0.1) is 0 Å². The van der Waals surface area contributed by atoms with Crippen molar-refractivity contribution in [3.8, 4) is 23.0 Å². The molecule has 0 saturated heterocycles. The molecule has 0 spiro atoms. The maximum absolute atomic E-state index is 6.03. The Morgan fingerprint density at radius 2 is 1.32 bits per heavy atom. The Hall–Kier alpha value is -2.76. The minimum absolute atomic E-state index is 0.118. The van der Waals surface area contributed by atoms with Gasteiger partial charge in [0.15, 0.2) is 25.1 Å². The molecule has 0 unspecified atom stereocenters. The second-order valence-electron chi connectivity index (χ2n) is 5.26. The monoisotopic (exact) mass is 340 g/mol. The molecule has 0 bridgehead atoms. The summed E-state index contributed by atoms with van der Waals surface area (Å²) in [4.78, 5) is 0. The van der Waals surface area contributed by atoms with E-state index in [4.69, 9.17) is 23.7 Å². The fourth-order valence-corrected chi connectivity index (χ4v) is 2.49. The van der Waals surface area contributed by atoms with E-state index < -0.39 is 0 Å². The Morgan fingerprint density at radius 1 is 0.680 bits per heavy atom. The lowest BCUT2D eigenvalue weighted by molar-refractivity contribution is 0.0487. The molecule has 0 aromatic heterocycles. The summed E-state index contributed by atoms with van der Waals surface area (Å²) in [5.74, 6) is 2.52. The summed E-state index contributed by atoms with van der Waals surface area (Å²) in [5, 5.41) is 1.78. The van der Waals surface area contributed by atoms with Gasteiger partial charge >= 0.3 is 0 Å². The summed E-state index contributed by atoms with van der Waals surface area (Å²) in [6.07, 6.45) is 0. The Balaban J connectivity index is 2.10. The van der Waals surface area contributed by atoms with Crippen LogP contribution in [0.4, 0.5) is 0 Å². The van der Waals surface area contributed by atoms with Crippen LogP contribution in [0.1, 0.15) is 0 Å². The van der Waals surface area contributed by atoms with Gasteiger partial charge in [0.25, 0.3) is 0 Å². The highest BCUT2D eigenvalue weighted by atomic mass is 16.7. The van der Waals surface area contributed by atoms with E-state index in [0.717, 1.165) is 10.8 Å². The highest BCUT2D eigenvalue weighted by Gasteiger charge is 2.16. The van der Waals surface area contributed by atoms with Crippen molar-refractivity contribution < 1.29 is 23.7 Å². The molecule has 3 rings (SSSR count). The molecule has 0 fully saturated rings. The second kappa shape index (κ2) is 8.37. The lowest BCUT2D eigenvalue weighted by Crippen LogP contribution is -2.04. The molecule has 0 heterocycles. The molecule has 5 heteroatoms. The van der Waals surface area contributed by atoms with Gasteiger partial charge in [-0.05, 0) is 12.1 Å². The third-order valence-electron chi connectivity index (χ3n) is 3.55. The van der Waals surface area contributed by atoms with Gasteiger partial charge in [-0.25, -0.2) is 0 Å². The van der Waals surface area contributed by atoms with Gasteiger partial charge in [0.1, 0.15) is 11.5 Å². The van der Waals surface area contributed by atoms with Crippen LogP contribution < -0.4 is 14.2 Å². The largest absolute Gasteiger partial charge is 0.467 e. The number of para-hydroxylation sites is 1. The number of benzene rings is 3. The van der Waals surface area contributed by atoms with Crippen molar-refractivity contribution in [3.63, 3.8) is 0 Å². The summed E-state index contributed by atoms with van der Waals surface area (Å²) in [5.41, 5.74) is 0. The van der Waals surface area contributed by atoms with E-state index in [-0.39, 0.29) is 13.6 Å². The number of ether oxygens (including phenoxy) is 5. The average Bonchev–Trinajstić information content (AvgIpc) is 2.66. The fraction of sp³-hybridized carbons (Fsp3) is 0.200. The quantitative estimate of drug-likeness (QED) is 0.561. The number of fused-ring (bicyclic) bond motifs is 1. The molecule has 0 saturated carbocycles. The zero-order valence-corrected chi connectivity index (χ0v) is 14.2. The Bertz CT molecular complexity index is 817. The van der Waals surface area contributed by atoms with Crippen molar-refractivity contribution in [2.45, 2.75) is 0 Å². The zero-order chi connectivity index (χ0) is 17.5. The van der Waals surface area contributed by atoms with Crippen molar-refractivity contribution in [3.05, 3.63) is 60.7 Å². The topological polar surface area (TPSA) is 46.2 Å². The Kier molecular flexibility index (Phi) is 5.72. The highest BCUT2D eigenvalue weighted by molar-refractivity contribution is 5.95. The van der Waals surface area contributed by atoms with Crippen molar-refractivity contribution >= 4 is 10.8 Å². The first kappa shape index (κ1) is 17.1. The lowest BCUT2D eigenvalue weighted by atomic mass is 10.1. The first-order valence-electron chi connectivity index (χ1n) is 7.85. The summed E-state index contributed by atoms with van der Waals surface area (Å²) < 4.78 is 27.6. The highest BCUT2D eigenvalue weighted by Crippen LogP contribution is 2.43. The van der Waals surface area contributed by atoms with E-state index in [9.17, 15) is 0 Å². The van der Waals surface area contributed by atoms with Crippen LogP contribution in [0, 0.1) is 0 Å². The minimum atomic E-state index is 0.118. The molecular weight excluding hydrogens is 320 g/mol. The van der Waals surface area contributed by atoms with Gasteiger partial charge in [-0.1, -0.05) is 42.5 Å². The molecule has 0 radical (unpaired) electrons. The van der Waals surface area contributed by atoms with Gasteiger partial charge in [0, 0.05) is 31.1 Å². The van der Waals surface area contributed by atoms with Gasteiger partial charge < -0.3 is 23.7 Å². The van der Waals surface area contributed by atoms with Crippen molar-refractivity contribution in [1.82, 2.24) is 0 Å². The molecule has 0 aliphatic heterocycles. The lowest BCUT2D eigenvalue weighted by Gasteiger charge is -2.17. The summed E-state index contributed by atoms with van der Waals surface area (Å²) in [6.45, 7) is 0.264. The molecule has 0 aliphatic carbocycles. The van der Waals surface area contributed by atoms with Gasteiger partial charge in [-0.3, -0.25) is 0 Å². The zero-order valence-electron chi connectivity index (χ0n) is 14.2. The van der Waals surface area contributed by atoms with Crippen molar-refractivity contribution in [1.29, 1.82) is 0 Å². The summed E-state index contributed by atoms with van der Waals surface area (Å²) in [6, 6.07) is 19.1. The summed E-state index contributed by atoms with van der Waals surface area (Å²) >= 11 is 0. The van der Waals surface area contributed by atoms with Gasteiger partial charge in [-0.15, -0.1) is 0 Å². The predicted molar refractivity (Wildman–Crippen MR) is 95.5 cm³/mol. The van der Waals surface area contributed by atoms with Gasteiger partial charge in [0.2, 0.25) is 0 Å². The molecule has 0 atom stereocenters. The van der Waals surface area contributed by atoms with E-state index in [0.29, 0.717) is 23.0 Å². The average molecular weight is 340 g/mol. The van der Waals surface area contributed by atoms with Crippen LogP contribution in [0.25, 0.3) is 10.8 Å². The van der Waals surface area contributed by atoms with E-state index in [1.807, 2.05) is 54.6 Å². The molecule has 3 aromatic carbocycles. The van der Waals surface area contributed by atoms with Crippen LogP contribution in [0.2, 0.25) is 0 Å². The van der Waals surface area contributed by atoms with Crippen molar-refractivity contribution in [2.24, 2.45) is 0 Å². The van der Waals surface area contributed by atoms with E-state index in [2.05, 4.69) is 0 Å². The first-order chi connectivity index (χ1) is 12.3. The molecule has 5 nitrogen and oxygen atoms in total. The van der Waals surface area contributed by atoms with Crippen molar-refractivity contribution in [2.75, 3.05) is 27.8 Å². The number of hydrogen-bond acceptors (Lipinski definition) is 5. The fourth-order valence-electron chi connectivity index (χ4n) is 2.49. The SMILES string of the molecule is COCOc1cc(Oc2ccccc2)c(OCOC)c2ccccc12. The summed E-state index contributed by atoms with van der Waals surface area (Å²) in [7, 11) is 3.16. The predicted octanol–water partition coefficient (Wildman–Crippen LogP) is 4.60. The Morgan fingerprint density at radius 3 is 2.04 bits per heavy atom. The number of rotatable bonds is 8. The van der Waals surface area contributed by atoms with E-state index >= 15 is 0 Å². The Labute approximate surface area is 146 Å². The standard InChI is InChI=1S/C20H20O5/c1-21-13-23-18-12-19(25-15-8-4-3-5-9-15)20(24-14-22-2)17-11-7-6-10-16(17)18/h3-12H,13-14H2,1-2H3. The van der Waals surface area contributed by atoms with E-state index in [1.54, 1.807) is 20.3 Å². The smallest absolute Gasteiger partial charge is 0.188 e. The molecule has 3 aromatic rings. The van der Waals surface area contributed by atoms with Crippen LogP contribution in [-0.2, 0) is 9.47 Å². The second-order valence-corrected chi connectivity index (χ2v) is 5.26. The third-order valence-corrected chi connectivity index (χ3v) is 3.55. The van der Waals surface area contributed by atoms with Gasteiger partial charge in [-0.2, -0.15) is 0 Å². The molecule has 0 N–H and O–H groups in total. The van der Waals surface area contributed by atoms with Crippen LogP contribution in [-0.4, -0.2) is 27.8 Å². The molecule has 130 valence electrons. The number of methoxy groups -OCH3 is 2. The molecule has 0 amide bonds.